The van der Waals surface area contributed by atoms with Gasteiger partial charge in [0.15, 0.2) is 5.96 Å². The molecule has 1 heterocycles. The second kappa shape index (κ2) is 11.2. The molecular weight excluding hydrogens is 370 g/mol. The predicted molar refractivity (Wildman–Crippen MR) is 109 cm³/mol. The molecule has 1 aromatic carbocycles. The molecule has 1 atom stereocenters. The summed E-state index contributed by atoms with van der Waals surface area (Å²) in [6, 6.07) is 11.9. The minimum Gasteiger partial charge on any atom is -0.386 e. The van der Waals surface area contributed by atoms with E-state index in [1.54, 1.807) is 6.07 Å². The van der Waals surface area contributed by atoms with Crippen LogP contribution in [0.5, 0.6) is 0 Å². The summed E-state index contributed by atoms with van der Waals surface area (Å²) in [6.07, 6.45) is -0.616. The Labute approximate surface area is 164 Å². The number of thiophene rings is 1. The Morgan fingerprint density at radius 1 is 1.15 bits per heavy atom. The third kappa shape index (κ3) is 6.96. The van der Waals surface area contributed by atoms with Crippen LogP contribution in [0.15, 0.2) is 41.4 Å². The van der Waals surface area contributed by atoms with Gasteiger partial charge in [-0.05, 0) is 37.1 Å². The van der Waals surface area contributed by atoms with Crippen molar-refractivity contribution < 1.29 is 9.84 Å². The van der Waals surface area contributed by atoms with Crippen LogP contribution in [0.1, 0.15) is 36.0 Å². The number of hydrogen-bond acceptors (Lipinski definition) is 4. The lowest BCUT2D eigenvalue weighted by Crippen LogP contribution is -2.39. The first kappa shape index (κ1) is 20.7. The van der Waals surface area contributed by atoms with Crippen molar-refractivity contribution >= 4 is 28.9 Å². The standard InChI is InChI=1S/C19H26ClN3O2S/c1-3-21-19(23-12-16(24)17-9-10-18(20)26-17)22-11-14-5-7-15(8-6-14)13-25-4-2/h5-10,16,24H,3-4,11-13H2,1-2H3,(H2,21,22,23). The van der Waals surface area contributed by atoms with E-state index in [0.717, 1.165) is 22.5 Å². The van der Waals surface area contributed by atoms with Crippen molar-refractivity contribution in [3.63, 3.8) is 0 Å². The van der Waals surface area contributed by atoms with E-state index in [-0.39, 0.29) is 0 Å². The van der Waals surface area contributed by atoms with Gasteiger partial charge in [0, 0.05) is 24.6 Å². The molecule has 26 heavy (non-hydrogen) atoms. The molecule has 5 nitrogen and oxygen atoms in total. The van der Waals surface area contributed by atoms with Crippen LogP contribution in [0.25, 0.3) is 0 Å². The molecule has 0 fully saturated rings. The summed E-state index contributed by atoms with van der Waals surface area (Å²) < 4.78 is 6.08. The van der Waals surface area contributed by atoms with Crippen LogP contribution in [0.2, 0.25) is 4.34 Å². The topological polar surface area (TPSA) is 65.9 Å². The summed E-state index contributed by atoms with van der Waals surface area (Å²) in [5.74, 6) is 0.674. The average molecular weight is 396 g/mol. The summed E-state index contributed by atoms with van der Waals surface area (Å²) in [5.41, 5.74) is 2.27. The van der Waals surface area contributed by atoms with Crippen molar-refractivity contribution in [3.05, 3.63) is 56.7 Å². The normalized spacial score (nSPS) is 12.8. The van der Waals surface area contributed by atoms with Gasteiger partial charge in [-0.25, -0.2) is 4.99 Å². The first-order chi connectivity index (χ1) is 12.6. The van der Waals surface area contributed by atoms with Crippen molar-refractivity contribution in [1.82, 2.24) is 10.6 Å². The molecule has 2 rings (SSSR count). The van der Waals surface area contributed by atoms with Crippen molar-refractivity contribution in [1.29, 1.82) is 0 Å². The number of aliphatic hydroxyl groups is 1. The van der Waals surface area contributed by atoms with Crippen LogP contribution in [0, 0.1) is 0 Å². The Morgan fingerprint density at radius 3 is 2.50 bits per heavy atom. The fourth-order valence-electron chi connectivity index (χ4n) is 2.27. The maximum absolute atomic E-state index is 10.2. The molecule has 0 saturated heterocycles. The van der Waals surface area contributed by atoms with Gasteiger partial charge in [0.25, 0.3) is 0 Å². The fraction of sp³-hybridized carbons (Fsp3) is 0.421. The number of guanidine groups is 1. The molecule has 0 aliphatic rings. The molecule has 1 unspecified atom stereocenters. The zero-order valence-corrected chi connectivity index (χ0v) is 16.7. The van der Waals surface area contributed by atoms with E-state index in [1.165, 1.54) is 11.3 Å². The van der Waals surface area contributed by atoms with Crippen LogP contribution in [0.4, 0.5) is 0 Å². The van der Waals surface area contributed by atoms with E-state index in [9.17, 15) is 5.11 Å². The Balaban J connectivity index is 1.89. The third-order valence-corrected chi connectivity index (χ3v) is 4.98. The third-order valence-electron chi connectivity index (χ3n) is 3.65. The number of aliphatic imine (C=N–C) groups is 1. The molecule has 0 amide bonds. The number of rotatable bonds is 9. The summed E-state index contributed by atoms with van der Waals surface area (Å²) in [7, 11) is 0. The largest absolute Gasteiger partial charge is 0.386 e. The highest BCUT2D eigenvalue weighted by Gasteiger charge is 2.11. The first-order valence-corrected chi connectivity index (χ1v) is 9.92. The van der Waals surface area contributed by atoms with E-state index >= 15 is 0 Å². The molecule has 0 saturated carbocycles. The van der Waals surface area contributed by atoms with Crippen LogP contribution < -0.4 is 10.6 Å². The van der Waals surface area contributed by atoms with Gasteiger partial charge in [0.2, 0.25) is 0 Å². The molecule has 0 aliphatic heterocycles. The maximum Gasteiger partial charge on any atom is 0.191 e. The zero-order chi connectivity index (χ0) is 18.8. The molecule has 0 bridgehead atoms. The second-order valence-electron chi connectivity index (χ2n) is 5.69. The lowest BCUT2D eigenvalue weighted by molar-refractivity contribution is 0.134. The Bertz CT molecular complexity index is 688. The molecule has 0 radical (unpaired) electrons. The van der Waals surface area contributed by atoms with Crippen molar-refractivity contribution in [3.8, 4) is 0 Å². The van der Waals surface area contributed by atoms with Gasteiger partial charge in [0.1, 0.15) is 6.10 Å². The predicted octanol–water partition coefficient (Wildman–Crippen LogP) is 3.73. The molecule has 7 heteroatoms. The van der Waals surface area contributed by atoms with Gasteiger partial charge >= 0.3 is 0 Å². The maximum atomic E-state index is 10.2. The number of aliphatic hydroxyl groups excluding tert-OH is 1. The Morgan fingerprint density at radius 2 is 1.88 bits per heavy atom. The fourth-order valence-corrected chi connectivity index (χ4v) is 3.32. The molecule has 3 N–H and O–H groups in total. The van der Waals surface area contributed by atoms with E-state index < -0.39 is 6.10 Å². The Kier molecular flexibility index (Phi) is 8.91. The van der Waals surface area contributed by atoms with Gasteiger partial charge in [-0.3, -0.25) is 0 Å². The number of nitrogens with zero attached hydrogens (tertiary/aromatic N) is 1. The van der Waals surface area contributed by atoms with Gasteiger partial charge in [0.05, 0.1) is 17.5 Å². The highest BCUT2D eigenvalue weighted by atomic mass is 35.5. The molecule has 0 spiro atoms. The van der Waals surface area contributed by atoms with Gasteiger partial charge in [-0.15, -0.1) is 11.3 Å². The van der Waals surface area contributed by atoms with E-state index in [2.05, 4.69) is 39.9 Å². The highest BCUT2D eigenvalue weighted by molar-refractivity contribution is 7.16. The summed E-state index contributed by atoms with van der Waals surface area (Å²) in [5, 5.41) is 16.6. The van der Waals surface area contributed by atoms with Crippen LogP contribution in [0.3, 0.4) is 0 Å². The lowest BCUT2D eigenvalue weighted by Gasteiger charge is -2.14. The lowest BCUT2D eigenvalue weighted by atomic mass is 10.1. The highest BCUT2D eigenvalue weighted by Crippen LogP contribution is 2.26. The van der Waals surface area contributed by atoms with Gasteiger partial charge in [-0.1, -0.05) is 35.9 Å². The minimum atomic E-state index is -0.616. The van der Waals surface area contributed by atoms with Crippen molar-refractivity contribution in [2.45, 2.75) is 33.1 Å². The molecule has 2 aromatic rings. The summed E-state index contributed by atoms with van der Waals surface area (Å²) in [4.78, 5) is 5.41. The molecule has 142 valence electrons. The summed E-state index contributed by atoms with van der Waals surface area (Å²) >= 11 is 7.30. The number of hydrogen-bond donors (Lipinski definition) is 3. The van der Waals surface area contributed by atoms with Gasteiger partial charge < -0.3 is 20.5 Å². The van der Waals surface area contributed by atoms with Crippen LogP contribution in [-0.4, -0.2) is 30.8 Å². The second-order valence-corrected chi connectivity index (χ2v) is 7.43. The smallest absolute Gasteiger partial charge is 0.191 e. The van der Waals surface area contributed by atoms with Crippen molar-refractivity contribution in [2.24, 2.45) is 4.99 Å². The Hall–Kier alpha value is -1.60. The van der Waals surface area contributed by atoms with Crippen LogP contribution in [-0.2, 0) is 17.9 Å². The number of benzene rings is 1. The number of nitrogens with one attached hydrogen (secondary N) is 2. The number of ether oxygens (including phenoxy) is 1. The number of halogens is 1. The SMILES string of the molecule is CCNC(=NCc1ccc(COCC)cc1)NCC(O)c1ccc(Cl)s1. The molecular formula is C19H26ClN3O2S. The van der Waals surface area contributed by atoms with E-state index in [0.29, 0.717) is 36.6 Å². The summed E-state index contributed by atoms with van der Waals surface area (Å²) in [6.45, 7) is 7.03. The zero-order valence-electron chi connectivity index (χ0n) is 15.2. The van der Waals surface area contributed by atoms with E-state index in [1.807, 2.05) is 19.9 Å². The molecule has 0 aliphatic carbocycles. The van der Waals surface area contributed by atoms with Crippen LogP contribution >= 0.6 is 22.9 Å². The van der Waals surface area contributed by atoms with Gasteiger partial charge in [-0.2, -0.15) is 0 Å². The average Bonchev–Trinajstić information content (AvgIpc) is 3.09. The first-order valence-electron chi connectivity index (χ1n) is 8.73. The molecule has 1 aromatic heterocycles. The monoisotopic (exact) mass is 395 g/mol. The quantitative estimate of drug-likeness (QED) is 0.447. The van der Waals surface area contributed by atoms with Crippen molar-refractivity contribution in [2.75, 3.05) is 19.7 Å². The minimum absolute atomic E-state index is 0.371. The van der Waals surface area contributed by atoms with E-state index in [4.69, 9.17) is 16.3 Å².